The molecule has 1 aromatic carbocycles. The van der Waals surface area contributed by atoms with Crippen LogP contribution < -0.4 is 4.72 Å². The van der Waals surface area contributed by atoms with E-state index < -0.39 is 21.1 Å². The molecule has 0 radical (unpaired) electrons. The standard InChI is InChI=1S/C13H15N3O5S/c1-15-7-3-6-12(15)13(17)9-14-22(20,21)11-5-2-4-10(8-11)16(18)19/h2-8,13-14,17H,9H2,1H3. The third kappa shape index (κ3) is 3.50. The van der Waals surface area contributed by atoms with E-state index in [1.54, 1.807) is 29.9 Å². The van der Waals surface area contributed by atoms with E-state index >= 15 is 0 Å². The molecule has 8 nitrogen and oxygen atoms in total. The normalized spacial score (nSPS) is 13.0. The molecule has 2 N–H and O–H groups in total. The quantitative estimate of drug-likeness (QED) is 0.606. The first-order chi connectivity index (χ1) is 10.3. The summed E-state index contributed by atoms with van der Waals surface area (Å²) in [7, 11) is -2.21. The molecular weight excluding hydrogens is 310 g/mol. The number of hydrogen-bond acceptors (Lipinski definition) is 5. The molecule has 9 heteroatoms. The van der Waals surface area contributed by atoms with Crippen LogP contribution in [0.3, 0.4) is 0 Å². The number of aryl methyl sites for hydroxylation is 1. The maximum absolute atomic E-state index is 12.1. The van der Waals surface area contributed by atoms with E-state index in [1.807, 2.05) is 0 Å². The molecule has 0 saturated carbocycles. The first kappa shape index (κ1) is 16.1. The minimum Gasteiger partial charge on any atom is -0.386 e. The third-order valence-electron chi connectivity index (χ3n) is 3.13. The second kappa shape index (κ2) is 6.26. The van der Waals surface area contributed by atoms with Gasteiger partial charge >= 0.3 is 0 Å². The van der Waals surface area contributed by atoms with Gasteiger partial charge < -0.3 is 9.67 Å². The van der Waals surface area contributed by atoms with Gasteiger partial charge in [-0.3, -0.25) is 10.1 Å². The zero-order chi connectivity index (χ0) is 16.3. The Morgan fingerprint density at radius 1 is 1.36 bits per heavy atom. The molecular formula is C13H15N3O5S. The summed E-state index contributed by atoms with van der Waals surface area (Å²) in [6.45, 7) is -0.233. The summed E-state index contributed by atoms with van der Waals surface area (Å²) in [6, 6.07) is 8.12. The van der Waals surface area contributed by atoms with Gasteiger partial charge in [0.2, 0.25) is 10.0 Å². The number of nitrogens with zero attached hydrogens (tertiary/aromatic N) is 2. The molecule has 0 fully saturated rings. The Morgan fingerprint density at radius 2 is 2.09 bits per heavy atom. The van der Waals surface area contributed by atoms with E-state index in [1.165, 1.54) is 18.2 Å². The molecule has 0 spiro atoms. The number of aliphatic hydroxyl groups excluding tert-OH is 1. The first-order valence-electron chi connectivity index (χ1n) is 6.34. The van der Waals surface area contributed by atoms with E-state index in [0.717, 1.165) is 6.07 Å². The summed E-state index contributed by atoms with van der Waals surface area (Å²) < 4.78 is 28.1. The Balaban J connectivity index is 2.13. The van der Waals surface area contributed by atoms with Crippen LogP contribution in [0.4, 0.5) is 5.69 Å². The molecule has 1 atom stereocenters. The van der Waals surface area contributed by atoms with Crippen LogP contribution in [0, 0.1) is 10.1 Å². The number of hydrogen-bond donors (Lipinski definition) is 2. The van der Waals surface area contributed by atoms with Crippen LogP contribution in [0.25, 0.3) is 0 Å². The third-order valence-corrected chi connectivity index (χ3v) is 4.55. The molecule has 0 amide bonds. The van der Waals surface area contributed by atoms with Crippen LogP contribution in [-0.2, 0) is 17.1 Å². The summed E-state index contributed by atoms with van der Waals surface area (Å²) in [5, 5.41) is 20.7. The van der Waals surface area contributed by atoms with E-state index in [0.29, 0.717) is 5.69 Å². The van der Waals surface area contributed by atoms with Crippen LogP contribution in [0.5, 0.6) is 0 Å². The lowest BCUT2D eigenvalue weighted by Crippen LogP contribution is -2.29. The zero-order valence-electron chi connectivity index (χ0n) is 11.7. The van der Waals surface area contributed by atoms with Gasteiger partial charge in [-0.15, -0.1) is 0 Å². The monoisotopic (exact) mass is 325 g/mol. The van der Waals surface area contributed by atoms with E-state index in [2.05, 4.69) is 4.72 Å². The van der Waals surface area contributed by atoms with Crippen molar-refractivity contribution in [2.45, 2.75) is 11.0 Å². The molecule has 22 heavy (non-hydrogen) atoms. The predicted octanol–water partition coefficient (Wildman–Crippen LogP) is 0.945. The Morgan fingerprint density at radius 3 is 2.68 bits per heavy atom. The van der Waals surface area contributed by atoms with Gasteiger partial charge in [-0.05, 0) is 18.2 Å². The second-order valence-electron chi connectivity index (χ2n) is 4.67. The van der Waals surface area contributed by atoms with Crippen molar-refractivity contribution in [3.63, 3.8) is 0 Å². The minimum atomic E-state index is -3.94. The number of nitrogens with one attached hydrogen (secondary N) is 1. The second-order valence-corrected chi connectivity index (χ2v) is 6.43. The number of benzene rings is 1. The number of rotatable bonds is 6. The Labute approximate surface area is 127 Å². The average Bonchev–Trinajstić information content (AvgIpc) is 2.91. The van der Waals surface area contributed by atoms with Crippen molar-refractivity contribution in [1.82, 2.24) is 9.29 Å². The fourth-order valence-corrected chi connectivity index (χ4v) is 3.04. The molecule has 1 aromatic heterocycles. The molecule has 1 unspecified atom stereocenters. The fraction of sp³-hybridized carbons (Fsp3) is 0.231. The highest BCUT2D eigenvalue weighted by Crippen LogP contribution is 2.18. The van der Waals surface area contributed by atoms with Gasteiger partial charge in [0.15, 0.2) is 0 Å². The topological polar surface area (TPSA) is 114 Å². The van der Waals surface area contributed by atoms with E-state index in [-0.39, 0.29) is 17.1 Å². The highest BCUT2D eigenvalue weighted by atomic mass is 32.2. The van der Waals surface area contributed by atoms with E-state index in [4.69, 9.17) is 0 Å². The number of nitro benzene ring substituents is 1. The van der Waals surface area contributed by atoms with Crippen LogP contribution in [0.2, 0.25) is 0 Å². The van der Waals surface area contributed by atoms with Crippen molar-refractivity contribution < 1.29 is 18.4 Å². The molecule has 2 aromatic rings. The largest absolute Gasteiger partial charge is 0.386 e. The Bertz CT molecular complexity index is 784. The van der Waals surface area contributed by atoms with Crippen molar-refractivity contribution in [2.24, 2.45) is 7.05 Å². The lowest BCUT2D eigenvalue weighted by Gasteiger charge is -2.13. The highest BCUT2D eigenvalue weighted by molar-refractivity contribution is 7.89. The van der Waals surface area contributed by atoms with Gasteiger partial charge in [-0.1, -0.05) is 6.07 Å². The summed E-state index contributed by atoms with van der Waals surface area (Å²) in [6.07, 6.45) is 0.710. The molecule has 2 rings (SSSR count). The van der Waals surface area contributed by atoms with Crippen molar-refractivity contribution in [2.75, 3.05) is 6.54 Å². The van der Waals surface area contributed by atoms with Crippen LogP contribution >= 0.6 is 0 Å². The average molecular weight is 325 g/mol. The Kier molecular flexibility index (Phi) is 4.59. The smallest absolute Gasteiger partial charge is 0.270 e. The molecule has 0 saturated heterocycles. The van der Waals surface area contributed by atoms with Gasteiger partial charge in [-0.25, -0.2) is 13.1 Å². The number of aliphatic hydroxyl groups is 1. The number of aromatic nitrogens is 1. The maximum atomic E-state index is 12.1. The van der Waals surface area contributed by atoms with Crippen molar-refractivity contribution >= 4 is 15.7 Å². The van der Waals surface area contributed by atoms with Gasteiger partial charge in [0.1, 0.15) is 6.10 Å². The predicted molar refractivity (Wildman–Crippen MR) is 78.7 cm³/mol. The lowest BCUT2D eigenvalue weighted by atomic mass is 10.2. The summed E-state index contributed by atoms with van der Waals surface area (Å²) in [5.41, 5.74) is 0.243. The van der Waals surface area contributed by atoms with Crippen molar-refractivity contribution in [1.29, 1.82) is 0 Å². The van der Waals surface area contributed by atoms with Gasteiger partial charge in [0.05, 0.1) is 9.82 Å². The number of non-ortho nitro benzene ring substituents is 1. The fourth-order valence-electron chi connectivity index (χ4n) is 1.96. The number of sulfonamides is 1. The van der Waals surface area contributed by atoms with Crippen LogP contribution in [-0.4, -0.2) is 29.6 Å². The molecule has 1 heterocycles. The van der Waals surface area contributed by atoms with Gasteiger partial charge in [-0.2, -0.15) is 0 Å². The van der Waals surface area contributed by atoms with Crippen LogP contribution in [0.15, 0.2) is 47.5 Å². The van der Waals surface area contributed by atoms with Crippen molar-refractivity contribution in [3.8, 4) is 0 Å². The van der Waals surface area contributed by atoms with Crippen LogP contribution in [0.1, 0.15) is 11.8 Å². The van der Waals surface area contributed by atoms with E-state index in [9.17, 15) is 23.6 Å². The van der Waals surface area contributed by atoms with Gasteiger partial charge in [0, 0.05) is 37.6 Å². The molecule has 118 valence electrons. The zero-order valence-corrected chi connectivity index (χ0v) is 12.5. The van der Waals surface area contributed by atoms with Crippen molar-refractivity contribution in [3.05, 3.63) is 58.4 Å². The SMILES string of the molecule is Cn1cccc1C(O)CNS(=O)(=O)c1cccc([N+](=O)[O-])c1. The number of nitro groups is 1. The first-order valence-corrected chi connectivity index (χ1v) is 7.83. The summed E-state index contributed by atoms with van der Waals surface area (Å²) >= 11 is 0. The Hall–Kier alpha value is -2.23. The molecule has 0 aliphatic rings. The summed E-state index contributed by atoms with van der Waals surface area (Å²) in [4.78, 5) is 9.80. The van der Waals surface area contributed by atoms with Gasteiger partial charge in [0.25, 0.3) is 5.69 Å². The molecule has 0 aliphatic carbocycles. The molecule has 0 bridgehead atoms. The summed E-state index contributed by atoms with van der Waals surface area (Å²) in [5.74, 6) is 0. The minimum absolute atomic E-state index is 0.221. The maximum Gasteiger partial charge on any atom is 0.270 e. The highest BCUT2D eigenvalue weighted by Gasteiger charge is 2.20. The molecule has 0 aliphatic heterocycles. The lowest BCUT2D eigenvalue weighted by molar-refractivity contribution is -0.385.